The number of rotatable bonds is 10. The molecule has 0 N–H and O–H groups in total. The SMILES string of the molecule is CCCC(=O)Oc1ccc(S(=O)(=O)c2ccc(CCN(Cc3ccccc3)C(=O)OC(C)(C)C)cc2)cc1. The van der Waals surface area contributed by atoms with Crippen molar-refractivity contribution in [3.63, 3.8) is 0 Å². The summed E-state index contributed by atoms with van der Waals surface area (Å²) in [6.45, 7) is 8.19. The van der Waals surface area contributed by atoms with Gasteiger partial charge in [-0.25, -0.2) is 13.2 Å². The Balaban J connectivity index is 1.68. The molecule has 0 aromatic heterocycles. The lowest BCUT2D eigenvalue weighted by Gasteiger charge is -2.27. The standard InChI is InChI=1S/C30H35NO6S/c1-5-9-28(32)36-25-14-18-27(19-15-25)38(34,35)26-16-12-23(13-17-26)20-21-31(29(33)37-30(2,3)4)22-24-10-7-6-8-11-24/h6-8,10-19H,5,9,20-22H2,1-4H3. The van der Waals surface area contributed by atoms with Crippen molar-refractivity contribution in [2.45, 2.75) is 68.9 Å². The van der Waals surface area contributed by atoms with E-state index in [0.29, 0.717) is 38.1 Å². The molecular weight excluding hydrogens is 502 g/mol. The molecule has 0 fully saturated rings. The number of carbonyl (C=O) groups excluding carboxylic acids is 2. The molecule has 3 rings (SSSR count). The van der Waals surface area contributed by atoms with Crippen LogP contribution in [0.15, 0.2) is 88.7 Å². The molecule has 0 aliphatic carbocycles. The smallest absolute Gasteiger partial charge is 0.410 e. The topological polar surface area (TPSA) is 90.0 Å². The second kappa shape index (κ2) is 12.7. The maximum Gasteiger partial charge on any atom is 0.410 e. The lowest BCUT2D eigenvalue weighted by molar-refractivity contribution is -0.134. The second-order valence-corrected chi connectivity index (χ2v) is 11.9. The summed E-state index contributed by atoms with van der Waals surface area (Å²) in [6.07, 6.45) is 1.11. The van der Waals surface area contributed by atoms with Crippen LogP contribution in [-0.2, 0) is 32.3 Å². The number of sulfone groups is 1. The maximum absolute atomic E-state index is 13.1. The van der Waals surface area contributed by atoms with Gasteiger partial charge >= 0.3 is 12.1 Å². The molecule has 0 radical (unpaired) electrons. The molecule has 3 aromatic rings. The van der Waals surface area contributed by atoms with E-state index in [0.717, 1.165) is 11.1 Å². The van der Waals surface area contributed by atoms with Crippen molar-refractivity contribution in [2.75, 3.05) is 6.54 Å². The van der Waals surface area contributed by atoms with Crippen molar-refractivity contribution in [3.8, 4) is 5.75 Å². The van der Waals surface area contributed by atoms with E-state index in [-0.39, 0.29) is 15.8 Å². The first-order valence-electron chi connectivity index (χ1n) is 12.6. The molecule has 0 heterocycles. The van der Waals surface area contributed by atoms with E-state index in [1.165, 1.54) is 24.3 Å². The van der Waals surface area contributed by atoms with Crippen molar-refractivity contribution >= 4 is 21.9 Å². The third-order valence-corrected chi connectivity index (χ3v) is 7.38. The zero-order valence-electron chi connectivity index (χ0n) is 22.3. The normalized spacial score (nSPS) is 11.6. The zero-order valence-corrected chi connectivity index (χ0v) is 23.2. The number of benzene rings is 3. The first kappa shape index (κ1) is 28.9. The first-order chi connectivity index (χ1) is 18.0. The lowest BCUT2D eigenvalue weighted by atomic mass is 10.1. The number of amides is 1. The summed E-state index contributed by atoms with van der Waals surface area (Å²) < 4.78 is 37.0. The lowest BCUT2D eigenvalue weighted by Crippen LogP contribution is -2.37. The number of nitrogens with zero attached hydrogens (tertiary/aromatic N) is 1. The van der Waals surface area contributed by atoms with E-state index in [1.54, 1.807) is 29.2 Å². The average Bonchev–Trinajstić information content (AvgIpc) is 2.87. The fourth-order valence-electron chi connectivity index (χ4n) is 3.67. The number of hydrogen-bond donors (Lipinski definition) is 0. The molecule has 7 nitrogen and oxygen atoms in total. The van der Waals surface area contributed by atoms with Crippen LogP contribution in [0, 0.1) is 0 Å². The predicted molar refractivity (Wildman–Crippen MR) is 146 cm³/mol. The Morgan fingerprint density at radius 2 is 1.39 bits per heavy atom. The van der Waals surface area contributed by atoms with Crippen LogP contribution in [-0.4, -0.2) is 37.5 Å². The van der Waals surface area contributed by atoms with Gasteiger partial charge in [0, 0.05) is 19.5 Å². The Hall–Kier alpha value is -3.65. The van der Waals surface area contributed by atoms with Crippen LogP contribution in [0.25, 0.3) is 0 Å². The zero-order chi connectivity index (χ0) is 27.8. The van der Waals surface area contributed by atoms with E-state index >= 15 is 0 Å². The minimum Gasteiger partial charge on any atom is -0.444 e. The minimum atomic E-state index is -3.74. The van der Waals surface area contributed by atoms with E-state index in [9.17, 15) is 18.0 Å². The molecule has 8 heteroatoms. The van der Waals surface area contributed by atoms with Crippen molar-refractivity contribution in [3.05, 3.63) is 90.0 Å². The van der Waals surface area contributed by atoms with Crippen LogP contribution >= 0.6 is 0 Å². The van der Waals surface area contributed by atoms with E-state index in [1.807, 2.05) is 58.0 Å². The number of carbonyl (C=O) groups is 2. The average molecular weight is 538 g/mol. The molecule has 202 valence electrons. The third kappa shape index (κ3) is 8.45. The molecule has 0 saturated carbocycles. The molecule has 0 spiro atoms. The van der Waals surface area contributed by atoms with Crippen molar-refractivity contribution < 1.29 is 27.5 Å². The molecule has 0 bridgehead atoms. The minimum absolute atomic E-state index is 0.111. The van der Waals surface area contributed by atoms with Gasteiger partial charge in [0.15, 0.2) is 0 Å². The summed E-state index contributed by atoms with van der Waals surface area (Å²) in [5, 5.41) is 0. The summed E-state index contributed by atoms with van der Waals surface area (Å²) >= 11 is 0. The van der Waals surface area contributed by atoms with Crippen molar-refractivity contribution in [2.24, 2.45) is 0 Å². The molecule has 0 aliphatic heterocycles. The molecule has 1 amide bonds. The third-order valence-electron chi connectivity index (χ3n) is 5.59. The highest BCUT2D eigenvalue weighted by Gasteiger charge is 2.23. The van der Waals surface area contributed by atoms with Gasteiger partial charge in [0.2, 0.25) is 9.84 Å². The van der Waals surface area contributed by atoms with Gasteiger partial charge in [0.1, 0.15) is 11.4 Å². The van der Waals surface area contributed by atoms with Gasteiger partial charge in [-0.05, 0) is 81.1 Å². The molecule has 0 atom stereocenters. The summed E-state index contributed by atoms with van der Waals surface area (Å²) in [7, 11) is -3.74. The Morgan fingerprint density at radius 3 is 1.95 bits per heavy atom. The molecule has 3 aromatic carbocycles. The highest BCUT2D eigenvalue weighted by Crippen LogP contribution is 2.24. The van der Waals surface area contributed by atoms with Crippen molar-refractivity contribution in [1.82, 2.24) is 4.90 Å². The second-order valence-electron chi connectivity index (χ2n) is 9.98. The fraction of sp³-hybridized carbons (Fsp3) is 0.333. The largest absolute Gasteiger partial charge is 0.444 e. The number of esters is 1. The summed E-state index contributed by atoms with van der Waals surface area (Å²) in [5.41, 5.74) is 1.27. The van der Waals surface area contributed by atoms with Gasteiger partial charge in [0.25, 0.3) is 0 Å². The van der Waals surface area contributed by atoms with Crippen LogP contribution in [0.1, 0.15) is 51.7 Å². The number of hydrogen-bond acceptors (Lipinski definition) is 6. The molecule has 0 aliphatic rings. The van der Waals surface area contributed by atoms with Gasteiger partial charge in [-0.15, -0.1) is 0 Å². The monoisotopic (exact) mass is 537 g/mol. The van der Waals surface area contributed by atoms with E-state index < -0.39 is 21.5 Å². The first-order valence-corrected chi connectivity index (χ1v) is 14.1. The van der Waals surface area contributed by atoms with Crippen molar-refractivity contribution in [1.29, 1.82) is 0 Å². The Labute approximate surface area is 225 Å². The Morgan fingerprint density at radius 1 is 0.816 bits per heavy atom. The van der Waals surface area contributed by atoms with Crippen LogP contribution in [0.5, 0.6) is 5.75 Å². The van der Waals surface area contributed by atoms with Gasteiger partial charge in [0.05, 0.1) is 9.79 Å². The summed E-state index contributed by atoms with van der Waals surface area (Å²) in [4.78, 5) is 26.4. The maximum atomic E-state index is 13.1. The van der Waals surface area contributed by atoms with Crippen LogP contribution in [0.3, 0.4) is 0 Å². The van der Waals surface area contributed by atoms with Gasteiger partial charge in [-0.1, -0.05) is 49.4 Å². The quantitative estimate of drug-likeness (QED) is 0.226. The van der Waals surface area contributed by atoms with Crippen LogP contribution in [0.2, 0.25) is 0 Å². The van der Waals surface area contributed by atoms with Gasteiger partial charge in [-0.2, -0.15) is 0 Å². The highest BCUT2D eigenvalue weighted by atomic mass is 32.2. The summed E-state index contributed by atoms with van der Waals surface area (Å²) in [5.74, 6) is -0.0458. The van der Waals surface area contributed by atoms with Gasteiger partial charge < -0.3 is 14.4 Å². The predicted octanol–water partition coefficient (Wildman–Crippen LogP) is 6.20. The molecular formula is C30H35NO6S. The highest BCUT2D eigenvalue weighted by molar-refractivity contribution is 7.91. The fourth-order valence-corrected chi connectivity index (χ4v) is 4.93. The van der Waals surface area contributed by atoms with Crippen LogP contribution < -0.4 is 4.74 Å². The number of ether oxygens (including phenoxy) is 2. The Bertz CT molecular complexity index is 1310. The Kier molecular flexibility index (Phi) is 9.69. The molecule has 38 heavy (non-hydrogen) atoms. The van der Waals surface area contributed by atoms with E-state index in [4.69, 9.17) is 9.47 Å². The molecule has 0 unspecified atom stereocenters. The molecule has 0 saturated heterocycles. The summed E-state index contributed by atoms with van der Waals surface area (Å²) in [6, 6.07) is 22.1. The van der Waals surface area contributed by atoms with Crippen LogP contribution in [0.4, 0.5) is 4.79 Å². The van der Waals surface area contributed by atoms with E-state index in [2.05, 4.69) is 0 Å². The van der Waals surface area contributed by atoms with Gasteiger partial charge in [-0.3, -0.25) is 4.79 Å².